The maximum absolute atomic E-state index is 11.2. The zero-order chi connectivity index (χ0) is 10.9. The van der Waals surface area contributed by atoms with Gasteiger partial charge in [-0.1, -0.05) is 11.6 Å². The summed E-state index contributed by atoms with van der Waals surface area (Å²) in [4.78, 5) is 9.13. The first-order valence-corrected chi connectivity index (χ1v) is 5.99. The van der Waals surface area contributed by atoms with Gasteiger partial charge in [0.25, 0.3) is 0 Å². The Kier molecular flexibility index (Phi) is 2.96. The number of hydrogen-bond donors (Lipinski definition) is 0. The highest BCUT2D eigenvalue weighted by Gasteiger charge is 2.14. The second kappa shape index (κ2) is 3.70. The molecule has 0 N–H and O–H groups in total. The first-order chi connectivity index (χ1) is 6.30. The van der Waals surface area contributed by atoms with Gasteiger partial charge in [0.05, 0.1) is 0 Å². The Morgan fingerprint density at radius 1 is 1.36 bits per heavy atom. The van der Waals surface area contributed by atoms with Crippen LogP contribution in [-0.2, 0) is 9.84 Å². The maximum Gasteiger partial charge on any atom is 0.250 e. The monoisotopic (exact) mass is 235 g/mol. The third kappa shape index (κ3) is 2.55. The van der Waals surface area contributed by atoms with Gasteiger partial charge in [-0.15, -0.1) is 0 Å². The summed E-state index contributed by atoms with van der Waals surface area (Å²) in [5.74, 6) is 0.463. The molecular formula is C7H10ClN3O2S. The second-order valence-electron chi connectivity index (χ2n) is 3.00. The van der Waals surface area contributed by atoms with Crippen LogP contribution in [0.25, 0.3) is 0 Å². The highest BCUT2D eigenvalue weighted by molar-refractivity contribution is 7.90. The average Bonchev–Trinajstić information content (AvgIpc) is 2.01. The van der Waals surface area contributed by atoms with Crippen LogP contribution in [-0.4, -0.2) is 38.7 Å². The minimum Gasteiger partial charge on any atom is -0.363 e. The third-order valence-corrected chi connectivity index (χ3v) is 2.49. The topological polar surface area (TPSA) is 63.2 Å². The van der Waals surface area contributed by atoms with Gasteiger partial charge in [-0.3, -0.25) is 0 Å². The lowest BCUT2D eigenvalue weighted by atomic mass is 10.5. The molecule has 0 fully saturated rings. The van der Waals surface area contributed by atoms with E-state index in [4.69, 9.17) is 11.6 Å². The van der Waals surface area contributed by atoms with Gasteiger partial charge in [-0.05, 0) is 0 Å². The molecule has 0 aliphatic carbocycles. The molecular weight excluding hydrogens is 226 g/mol. The van der Waals surface area contributed by atoms with Crippen LogP contribution >= 0.6 is 11.6 Å². The van der Waals surface area contributed by atoms with Gasteiger partial charge in [0.1, 0.15) is 11.0 Å². The Labute approximate surface area is 87.7 Å². The minimum absolute atomic E-state index is 0.115. The molecule has 0 saturated carbocycles. The van der Waals surface area contributed by atoms with Gasteiger partial charge in [0.15, 0.2) is 0 Å². The standard InChI is InChI=1S/C7H10ClN3O2S/c1-11(2)6-4-5(8)9-7(10-6)14(3,12)13/h4H,1-3H3. The smallest absolute Gasteiger partial charge is 0.250 e. The lowest BCUT2D eigenvalue weighted by Gasteiger charge is -2.11. The third-order valence-electron chi connectivity index (χ3n) is 1.45. The average molecular weight is 236 g/mol. The molecule has 0 aliphatic heterocycles. The van der Waals surface area contributed by atoms with E-state index in [0.29, 0.717) is 5.82 Å². The molecule has 0 bridgehead atoms. The Balaban J connectivity index is 3.35. The van der Waals surface area contributed by atoms with Crippen LogP contribution in [0.1, 0.15) is 0 Å². The molecule has 0 radical (unpaired) electrons. The molecule has 1 rings (SSSR count). The first kappa shape index (κ1) is 11.2. The van der Waals surface area contributed by atoms with E-state index >= 15 is 0 Å². The van der Waals surface area contributed by atoms with Crippen LogP contribution in [0.4, 0.5) is 5.82 Å². The van der Waals surface area contributed by atoms with Crippen LogP contribution in [0, 0.1) is 0 Å². The van der Waals surface area contributed by atoms with Gasteiger partial charge < -0.3 is 4.90 Å². The lowest BCUT2D eigenvalue weighted by Crippen LogP contribution is -2.14. The van der Waals surface area contributed by atoms with Crippen molar-refractivity contribution in [2.45, 2.75) is 5.16 Å². The quantitative estimate of drug-likeness (QED) is 0.555. The highest BCUT2D eigenvalue weighted by atomic mass is 35.5. The van der Waals surface area contributed by atoms with Crippen LogP contribution < -0.4 is 4.90 Å². The molecule has 0 aromatic carbocycles. The molecule has 1 aromatic heterocycles. The number of hydrogen-bond acceptors (Lipinski definition) is 5. The van der Waals surface area contributed by atoms with E-state index in [0.717, 1.165) is 6.26 Å². The number of halogens is 1. The van der Waals surface area contributed by atoms with E-state index in [1.165, 1.54) is 6.07 Å². The predicted molar refractivity (Wildman–Crippen MR) is 54.5 cm³/mol. The van der Waals surface area contributed by atoms with Crippen LogP contribution in [0.2, 0.25) is 5.15 Å². The summed E-state index contributed by atoms with van der Waals surface area (Å²) in [5, 5.41) is -0.141. The Bertz CT molecular complexity index is 444. The molecule has 5 nitrogen and oxygen atoms in total. The minimum atomic E-state index is -3.41. The summed E-state index contributed by atoms with van der Waals surface area (Å²) < 4.78 is 22.3. The molecule has 0 spiro atoms. The summed E-state index contributed by atoms with van der Waals surface area (Å²) in [6.07, 6.45) is 1.04. The van der Waals surface area contributed by atoms with Crippen molar-refractivity contribution in [1.29, 1.82) is 0 Å². The fourth-order valence-electron chi connectivity index (χ4n) is 0.780. The number of rotatable bonds is 2. The maximum atomic E-state index is 11.2. The molecule has 7 heteroatoms. The zero-order valence-electron chi connectivity index (χ0n) is 8.02. The Morgan fingerprint density at radius 2 is 1.93 bits per heavy atom. The van der Waals surface area contributed by atoms with E-state index in [9.17, 15) is 8.42 Å². The number of anilines is 1. The Hall–Kier alpha value is -0.880. The molecule has 0 aliphatic rings. The summed E-state index contributed by atoms with van der Waals surface area (Å²) in [6.45, 7) is 0. The van der Waals surface area contributed by atoms with Gasteiger partial charge in [0, 0.05) is 26.4 Å². The second-order valence-corrected chi connectivity index (χ2v) is 5.29. The Morgan fingerprint density at radius 3 is 2.36 bits per heavy atom. The molecule has 78 valence electrons. The SMILES string of the molecule is CN(C)c1cc(Cl)nc(S(C)(=O)=O)n1. The van der Waals surface area contributed by atoms with E-state index in [1.54, 1.807) is 19.0 Å². The normalized spacial score (nSPS) is 11.4. The van der Waals surface area contributed by atoms with E-state index < -0.39 is 9.84 Å². The van der Waals surface area contributed by atoms with Crippen LogP contribution in [0.5, 0.6) is 0 Å². The van der Waals surface area contributed by atoms with Crippen molar-refractivity contribution in [2.24, 2.45) is 0 Å². The van der Waals surface area contributed by atoms with Crippen molar-refractivity contribution in [3.05, 3.63) is 11.2 Å². The summed E-state index contributed by atoms with van der Waals surface area (Å²) in [7, 11) is 0.0669. The molecule has 14 heavy (non-hydrogen) atoms. The van der Waals surface area contributed by atoms with E-state index in [1.807, 2.05) is 0 Å². The van der Waals surface area contributed by atoms with E-state index in [2.05, 4.69) is 9.97 Å². The first-order valence-electron chi connectivity index (χ1n) is 3.72. The largest absolute Gasteiger partial charge is 0.363 e. The van der Waals surface area contributed by atoms with Gasteiger partial charge in [0.2, 0.25) is 15.0 Å². The van der Waals surface area contributed by atoms with Crippen molar-refractivity contribution in [3.8, 4) is 0 Å². The summed E-state index contributed by atoms with van der Waals surface area (Å²) in [6, 6.07) is 1.50. The summed E-state index contributed by atoms with van der Waals surface area (Å²) in [5.41, 5.74) is 0. The van der Waals surface area contributed by atoms with Crippen molar-refractivity contribution in [3.63, 3.8) is 0 Å². The van der Waals surface area contributed by atoms with Crippen molar-refractivity contribution >= 4 is 27.3 Å². The van der Waals surface area contributed by atoms with Crippen molar-refractivity contribution in [1.82, 2.24) is 9.97 Å². The van der Waals surface area contributed by atoms with Crippen LogP contribution in [0.15, 0.2) is 11.2 Å². The van der Waals surface area contributed by atoms with Crippen LogP contribution in [0.3, 0.4) is 0 Å². The fraction of sp³-hybridized carbons (Fsp3) is 0.429. The highest BCUT2D eigenvalue weighted by Crippen LogP contribution is 2.15. The van der Waals surface area contributed by atoms with Crippen molar-refractivity contribution < 1.29 is 8.42 Å². The molecule has 0 saturated heterocycles. The molecule has 0 amide bonds. The van der Waals surface area contributed by atoms with Gasteiger partial charge >= 0.3 is 0 Å². The lowest BCUT2D eigenvalue weighted by molar-refractivity contribution is 0.593. The van der Waals surface area contributed by atoms with Gasteiger partial charge in [-0.2, -0.15) is 0 Å². The number of sulfone groups is 1. The van der Waals surface area contributed by atoms with E-state index in [-0.39, 0.29) is 10.3 Å². The number of nitrogens with zero attached hydrogens (tertiary/aromatic N) is 3. The van der Waals surface area contributed by atoms with Crippen molar-refractivity contribution in [2.75, 3.05) is 25.3 Å². The zero-order valence-corrected chi connectivity index (χ0v) is 9.59. The van der Waals surface area contributed by atoms with Gasteiger partial charge in [-0.25, -0.2) is 18.4 Å². The summed E-state index contributed by atoms with van der Waals surface area (Å²) >= 11 is 5.66. The molecule has 1 heterocycles. The molecule has 0 unspecified atom stereocenters. The number of aromatic nitrogens is 2. The molecule has 1 aromatic rings. The predicted octanol–water partition coefficient (Wildman–Crippen LogP) is 0.599. The molecule has 0 atom stereocenters. The fourth-order valence-corrected chi connectivity index (χ4v) is 1.53.